The minimum absolute atomic E-state index is 0.00875. The number of aryl methyl sites for hydroxylation is 2. The van der Waals surface area contributed by atoms with Crippen molar-refractivity contribution in [1.82, 2.24) is 10.2 Å². The van der Waals surface area contributed by atoms with Crippen molar-refractivity contribution in [3.8, 4) is 0 Å². The van der Waals surface area contributed by atoms with Crippen LogP contribution in [0.3, 0.4) is 0 Å². The molecule has 0 bridgehead atoms. The Labute approximate surface area is 247 Å². The van der Waals surface area contributed by atoms with E-state index in [1.165, 1.54) is 35.2 Å². The summed E-state index contributed by atoms with van der Waals surface area (Å²) in [4.78, 5) is 28.5. The molecule has 3 aromatic carbocycles. The van der Waals surface area contributed by atoms with E-state index in [-0.39, 0.29) is 33.1 Å². The molecule has 10 heteroatoms. The lowest BCUT2D eigenvalue weighted by atomic mass is 10.1. The van der Waals surface area contributed by atoms with Gasteiger partial charge < -0.3 is 10.2 Å². The highest BCUT2D eigenvalue weighted by molar-refractivity contribution is 7.92. The molecule has 0 saturated carbocycles. The molecule has 0 spiro atoms. The van der Waals surface area contributed by atoms with Crippen LogP contribution < -0.4 is 9.62 Å². The van der Waals surface area contributed by atoms with Crippen LogP contribution in [0.5, 0.6) is 0 Å². The SMILES string of the molecule is Cc1ccc(CN(C(=O)CN(c2cc(Cl)ccc2Cl)S(=O)(=O)c2ccc(C)cc2)[C@@H](C)C(=O)NC(C)(C)C)cc1. The number of nitrogens with one attached hydrogen (secondary N) is 1. The summed E-state index contributed by atoms with van der Waals surface area (Å²) in [6, 6.07) is 17.4. The van der Waals surface area contributed by atoms with Crippen molar-refractivity contribution >= 4 is 50.7 Å². The van der Waals surface area contributed by atoms with Crippen LogP contribution in [0.2, 0.25) is 10.0 Å². The predicted octanol–water partition coefficient (Wildman–Crippen LogP) is 6.14. The summed E-state index contributed by atoms with van der Waals surface area (Å²) in [5.74, 6) is -0.939. The first-order valence-electron chi connectivity index (χ1n) is 12.8. The minimum atomic E-state index is -4.25. The minimum Gasteiger partial charge on any atom is -0.350 e. The highest BCUT2D eigenvalue weighted by atomic mass is 35.5. The highest BCUT2D eigenvalue weighted by Gasteiger charge is 2.34. The molecule has 1 N–H and O–H groups in total. The zero-order valence-electron chi connectivity index (χ0n) is 23.5. The molecule has 0 aliphatic carbocycles. The summed E-state index contributed by atoms with van der Waals surface area (Å²) in [5, 5.41) is 3.27. The van der Waals surface area contributed by atoms with Crippen LogP contribution in [0.1, 0.15) is 44.4 Å². The largest absolute Gasteiger partial charge is 0.350 e. The molecule has 40 heavy (non-hydrogen) atoms. The lowest BCUT2D eigenvalue weighted by molar-refractivity contribution is -0.140. The van der Waals surface area contributed by atoms with Crippen molar-refractivity contribution in [3.05, 3.63) is 93.5 Å². The number of sulfonamides is 1. The van der Waals surface area contributed by atoms with Gasteiger partial charge in [-0.1, -0.05) is 70.7 Å². The van der Waals surface area contributed by atoms with E-state index in [9.17, 15) is 18.0 Å². The number of hydrogen-bond acceptors (Lipinski definition) is 4. The number of carbonyl (C=O) groups is 2. The summed E-state index contributed by atoms with van der Waals surface area (Å²) >= 11 is 12.7. The first-order chi connectivity index (χ1) is 18.6. The fourth-order valence-electron chi connectivity index (χ4n) is 3.97. The Morgan fingerprint density at radius 2 is 1.45 bits per heavy atom. The van der Waals surface area contributed by atoms with E-state index in [2.05, 4.69) is 5.32 Å². The fourth-order valence-corrected chi connectivity index (χ4v) is 5.84. The average Bonchev–Trinajstić information content (AvgIpc) is 2.87. The van der Waals surface area contributed by atoms with Crippen molar-refractivity contribution in [1.29, 1.82) is 0 Å². The summed E-state index contributed by atoms with van der Waals surface area (Å²) in [7, 11) is -4.25. The first kappa shape index (κ1) is 31.5. The Morgan fingerprint density at radius 3 is 2.00 bits per heavy atom. The standard InChI is InChI=1S/C30H35Cl2N3O4S/c1-20-7-11-23(12-8-20)18-34(22(3)29(37)33-30(4,5)6)28(36)19-35(27-17-24(31)13-16-26(27)32)40(38,39)25-14-9-21(2)10-15-25/h7-17,22H,18-19H2,1-6H3,(H,33,37)/t22-/m0/s1. The maximum absolute atomic E-state index is 14.0. The fraction of sp³-hybridized carbons (Fsp3) is 0.333. The van der Waals surface area contributed by atoms with Gasteiger partial charge >= 0.3 is 0 Å². The molecule has 2 amide bonds. The van der Waals surface area contributed by atoms with Gasteiger partial charge in [-0.05, 0) is 77.4 Å². The van der Waals surface area contributed by atoms with Crippen LogP contribution in [-0.2, 0) is 26.2 Å². The lowest BCUT2D eigenvalue weighted by Crippen LogP contribution is -2.54. The molecule has 3 rings (SSSR count). The Balaban J connectivity index is 2.08. The number of halogens is 2. The van der Waals surface area contributed by atoms with E-state index in [0.29, 0.717) is 0 Å². The molecule has 7 nitrogen and oxygen atoms in total. The molecule has 0 heterocycles. The molecule has 0 fully saturated rings. The molecule has 0 aliphatic heterocycles. The number of carbonyl (C=O) groups excluding carboxylic acids is 2. The molecular formula is C30H35Cl2N3O4S. The quantitative estimate of drug-likeness (QED) is 0.318. The van der Waals surface area contributed by atoms with Crippen molar-refractivity contribution in [2.75, 3.05) is 10.8 Å². The van der Waals surface area contributed by atoms with Crippen LogP contribution >= 0.6 is 23.2 Å². The third-order valence-electron chi connectivity index (χ3n) is 6.20. The number of benzene rings is 3. The van der Waals surface area contributed by atoms with Crippen molar-refractivity contribution in [2.24, 2.45) is 0 Å². The number of hydrogen-bond donors (Lipinski definition) is 1. The highest BCUT2D eigenvalue weighted by Crippen LogP contribution is 2.33. The monoisotopic (exact) mass is 603 g/mol. The van der Waals surface area contributed by atoms with E-state index in [1.807, 2.05) is 58.9 Å². The van der Waals surface area contributed by atoms with E-state index in [4.69, 9.17) is 23.2 Å². The molecule has 0 aromatic heterocycles. The third kappa shape index (κ3) is 7.99. The van der Waals surface area contributed by atoms with Crippen molar-refractivity contribution < 1.29 is 18.0 Å². The molecule has 0 unspecified atom stereocenters. The second kappa shape index (κ2) is 12.6. The Hall–Kier alpha value is -3.07. The second-order valence-corrected chi connectivity index (χ2v) is 13.5. The topological polar surface area (TPSA) is 86.8 Å². The van der Waals surface area contributed by atoms with Crippen molar-refractivity contribution in [2.45, 2.75) is 64.6 Å². The van der Waals surface area contributed by atoms with E-state index in [0.717, 1.165) is 21.0 Å². The average molecular weight is 605 g/mol. The van der Waals surface area contributed by atoms with Crippen LogP contribution in [0.25, 0.3) is 0 Å². The van der Waals surface area contributed by atoms with Gasteiger partial charge in [0.1, 0.15) is 12.6 Å². The molecule has 214 valence electrons. The van der Waals surface area contributed by atoms with E-state index in [1.54, 1.807) is 19.1 Å². The number of nitrogens with zero attached hydrogens (tertiary/aromatic N) is 2. The summed E-state index contributed by atoms with van der Waals surface area (Å²) < 4.78 is 28.8. The summed E-state index contributed by atoms with van der Waals surface area (Å²) in [6.07, 6.45) is 0. The number of anilines is 1. The zero-order valence-corrected chi connectivity index (χ0v) is 25.9. The van der Waals surface area contributed by atoms with Gasteiger partial charge in [0.2, 0.25) is 11.8 Å². The lowest BCUT2D eigenvalue weighted by Gasteiger charge is -2.33. The smallest absolute Gasteiger partial charge is 0.264 e. The van der Waals surface area contributed by atoms with Gasteiger partial charge in [0.25, 0.3) is 10.0 Å². The zero-order chi connectivity index (χ0) is 29.8. The van der Waals surface area contributed by atoms with Gasteiger partial charge in [-0.3, -0.25) is 13.9 Å². The van der Waals surface area contributed by atoms with Gasteiger partial charge in [-0.25, -0.2) is 8.42 Å². The maximum atomic E-state index is 14.0. The summed E-state index contributed by atoms with van der Waals surface area (Å²) in [5.41, 5.74) is 2.25. The summed E-state index contributed by atoms with van der Waals surface area (Å²) in [6.45, 7) is 10.5. The van der Waals surface area contributed by atoms with Crippen LogP contribution in [-0.4, -0.2) is 43.3 Å². The first-order valence-corrected chi connectivity index (χ1v) is 15.0. The van der Waals surface area contributed by atoms with Crippen molar-refractivity contribution in [3.63, 3.8) is 0 Å². The van der Waals surface area contributed by atoms with Crippen LogP contribution in [0.15, 0.2) is 71.6 Å². The number of rotatable bonds is 9. The van der Waals surface area contributed by atoms with Gasteiger partial charge in [-0.15, -0.1) is 0 Å². The Bertz CT molecular complexity index is 1470. The second-order valence-electron chi connectivity index (χ2n) is 10.8. The van der Waals surface area contributed by atoms with E-state index >= 15 is 0 Å². The van der Waals surface area contributed by atoms with Gasteiger partial charge in [0.05, 0.1) is 15.6 Å². The Morgan fingerprint density at radius 1 is 0.900 bits per heavy atom. The van der Waals surface area contributed by atoms with Crippen LogP contribution in [0, 0.1) is 13.8 Å². The normalized spacial score (nSPS) is 12.5. The molecule has 0 saturated heterocycles. The molecule has 1 atom stereocenters. The molecule has 0 aliphatic rings. The Kier molecular flexibility index (Phi) is 9.93. The molecular weight excluding hydrogens is 569 g/mol. The van der Waals surface area contributed by atoms with Gasteiger partial charge in [-0.2, -0.15) is 0 Å². The number of amides is 2. The van der Waals surface area contributed by atoms with Crippen LogP contribution in [0.4, 0.5) is 5.69 Å². The van der Waals surface area contributed by atoms with Gasteiger partial charge in [0.15, 0.2) is 0 Å². The maximum Gasteiger partial charge on any atom is 0.264 e. The molecule has 3 aromatic rings. The van der Waals surface area contributed by atoms with E-state index < -0.39 is 34.1 Å². The predicted molar refractivity (Wildman–Crippen MR) is 161 cm³/mol. The van der Waals surface area contributed by atoms with Gasteiger partial charge in [0, 0.05) is 17.1 Å². The molecule has 0 radical (unpaired) electrons. The third-order valence-corrected chi connectivity index (χ3v) is 8.53.